The fourth-order valence-electron chi connectivity index (χ4n) is 2.98. The number of benzene rings is 1. The van der Waals surface area contributed by atoms with E-state index in [-0.39, 0.29) is 18.4 Å². The highest BCUT2D eigenvalue weighted by atomic mass is 16.5. The molecular formula is C18H25N3O4. The molecule has 7 heteroatoms. The van der Waals surface area contributed by atoms with Crippen LogP contribution in [0.5, 0.6) is 5.75 Å². The van der Waals surface area contributed by atoms with E-state index in [1.165, 1.54) is 4.90 Å². The van der Waals surface area contributed by atoms with Crippen LogP contribution in [0, 0.1) is 0 Å². The molecule has 1 aromatic rings. The molecule has 0 atom stereocenters. The summed E-state index contributed by atoms with van der Waals surface area (Å²) in [5.41, 5.74) is -0.0343. The number of ether oxygens (including phenoxy) is 1. The highest BCUT2D eigenvalue weighted by Gasteiger charge is 2.49. The minimum absolute atomic E-state index is 0.266. The van der Waals surface area contributed by atoms with E-state index in [0.717, 1.165) is 10.5 Å². The fraction of sp³-hybridized carbons (Fsp3) is 0.500. The number of nitrogens with one attached hydrogen (secondary N) is 1. The summed E-state index contributed by atoms with van der Waals surface area (Å²) in [5.74, 6) is 0.0482. The van der Waals surface area contributed by atoms with Crippen LogP contribution in [0.4, 0.5) is 4.79 Å². The average Bonchev–Trinajstić information content (AvgIpc) is 2.86. The quantitative estimate of drug-likeness (QED) is 0.763. The Bertz CT molecular complexity index is 670. The second-order valence-electron chi connectivity index (χ2n) is 6.17. The first-order valence-corrected chi connectivity index (χ1v) is 8.38. The molecule has 0 bridgehead atoms. The summed E-state index contributed by atoms with van der Waals surface area (Å²) >= 11 is 0. The van der Waals surface area contributed by atoms with Gasteiger partial charge in [0, 0.05) is 19.2 Å². The fourth-order valence-corrected chi connectivity index (χ4v) is 2.98. The summed E-state index contributed by atoms with van der Waals surface area (Å²) in [4.78, 5) is 39.7. The molecular weight excluding hydrogens is 322 g/mol. The maximum atomic E-state index is 12.6. The summed E-state index contributed by atoms with van der Waals surface area (Å²) in [6.07, 6.45) is 0.992. The van der Waals surface area contributed by atoms with Gasteiger partial charge in [0.15, 0.2) is 0 Å². The van der Waals surface area contributed by atoms with Crippen LogP contribution in [0.3, 0.4) is 0 Å². The van der Waals surface area contributed by atoms with Crippen molar-refractivity contribution in [1.29, 1.82) is 0 Å². The lowest BCUT2D eigenvalue weighted by Gasteiger charge is -2.24. The Kier molecular flexibility index (Phi) is 5.66. The topological polar surface area (TPSA) is 79.0 Å². The number of amides is 4. The Morgan fingerprint density at radius 3 is 2.44 bits per heavy atom. The van der Waals surface area contributed by atoms with Crippen molar-refractivity contribution in [2.45, 2.75) is 38.8 Å². The normalized spacial score (nSPS) is 15.9. The van der Waals surface area contributed by atoms with E-state index in [0.29, 0.717) is 25.1 Å². The van der Waals surface area contributed by atoms with Crippen molar-refractivity contribution in [1.82, 2.24) is 15.1 Å². The zero-order valence-corrected chi connectivity index (χ0v) is 15.2. The molecule has 0 spiro atoms. The molecule has 0 saturated carbocycles. The molecule has 136 valence electrons. The second kappa shape index (κ2) is 7.55. The highest BCUT2D eigenvalue weighted by molar-refractivity contribution is 6.08. The molecule has 1 aliphatic rings. The molecule has 0 radical (unpaired) electrons. The van der Waals surface area contributed by atoms with Crippen LogP contribution in [0.15, 0.2) is 24.3 Å². The molecule has 4 amide bonds. The Balaban J connectivity index is 2.06. The maximum Gasteiger partial charge on any atom is 0.325 e. The van der Waals surface area contributed by atoms with Gasteiger partial charge in [-0.15, -0.1) is 0 Å². The van der Waals surface area contributed by atoms with Crippen molar-refractivity contribution in [2.75, 3.05) is 20.7 Å². The first-order valence-electron chi connectivity index (χ1n) is 8.38. The van der Waals surface area contributed by atoms with Gasteiger partial charge in [0.05, 0.1) is 7.11 Å². The molecule has 7 nitrogen and oxygen atoms in total. The van der Waals surface area contributed by atoms with E-state index in [4.69, 9.17) is 4.74 Å². The number of hydrogen-bond donors (Lipinski definition) is 1. The molecule has 0 unspecified atom stereocenters. The number of likely N-dealkylation sites (N-methyl/N-ethyl adjacent to an activating group) is 1. The van der Waals surface area contributed by atoms with Crippen LogP contribution in [0.1, 0.15) is 32.3 Å². The van der Waals surface area contributed by atoms with Crippen LogP contribution in [0.25, 0.3) is 0 Å². The van der Waals surface area contributed by atoms with Gasteiger partial charge < -0.3 is 15.0 Å². The van der Waals surface area contributed by atoms with E-state index in [9.17, 15) is 14.4 Å². The van der Waals surface area contributed by atoms with Crippen molar-refractivity contribution in [3.8, 4) is 5.75 Å². The highest BCUT2D eigenvalue weighted by Crippen LogP contribution is 2.25. The van der Waals surface area contributed by atoms with Crippen molar-refractivity contribution in [3.05, 3.63) is 29.8 Å². The number of nitrogens with zero attached hydrogens (tertiary/aromatic N) is 2. The van der Waals surface area contributed by atoms with Crippen LogP contribution in [-0.2, 0) is 16.1 Å². The third-order valence-electron chi connectivity index (χ3n) is 4.77. The number of carbonyl (C=O) groups is 3. The lowest BCUT2D eigenvalue weighted by molar-refractivity contribution is -0.138. The largest absolute Gasteiger partial charge is 0.496 e. The predicted octanol–water partition coefficient (Wildman–Crippen LogP) is 1.76. The van der Waals surface area contributed by atoms with Gasteiger partial charge >= 0.3 is 6.03 Å². The number of carbonyl (C=O) groups excluding carboxylic acids is 3. The van der Waals surface area contributed by atoms with Gasteiger partial charge in [-0.25, -0.2) is 4.79 Å². The van der Waals surface area contributed by atoms with Crippen molar-refractivity contribution in [2.24, 2.45) is 0 Å². The van der Waals surface area contributed by atoms with Crippen LogP contribution in [-0.4, -0.2) is 53.9 Å². The Hall–Kier alpha value is -2.57. The lowest BCUT2D eigenvalue weighted by atomic mass is 9.93. The number of para-hydroxylation sites is 1. The minimum Gasteiger partial charge on any atom is -0.496 e. The van der Waals surface area contributed by atoms with E-state index >= 15 is 0 Å². The minimum atomic E-state index is -0.890. The molecule has 1 saturated heterocycles. The Morgan fingerprint density at radius 1 is 1.24 bits per heavy atom. The second-order valence-corrected chi connectivity index (χ2v) is 6.17. The summed E-state index contributed by atoms with van der Waals surface area (Å²) in [6, 6.07) is 6.90. The predicted molar refractivity (Wildman–Crippen MR) is 93.0 cm³/mol. The van der Waals surface area contributed by atoms with Gasteiger partial charge in [-0.3, -0.25) is 14.5 Å². The van der Waals surface area contributed by atoms with Gasteiger partial charge in [0.25, 0.3) is 5.91 Å². The molecule has 0 aromatic heterocycles. The van der Waals surface area contributed by atoms with Gasteiger partial charge in [-0.2, -0.15) is 0 Å². The zero-order chi connectivity index (χ0) is 18.6. The van der Waals surface area contributed by atoms with E-state index in [2.05, 4.69) is 5.32 Å². The maximum absolute atomic E-state index is 12.6. The number of methoxy groups -OCH3 is 1. The zero-order valence-electron chi connectivity index (χ0n) is 15.2. The Labute approximate surface area is 147 Å². The molecule has 1 N–H and O–H groups in total. The van der Waals surface area contributed by atoms with Crippen molar-refractivity contribution >= 4 is 17.8 Å². The molecule has 1 fully saturated rings. The van der Waals surface area contributed by atoms with Crippen LogP contribution in [0.2, 0.25) is 0 Å². The van der Waals surface area contributed by atoms with Gasteiger partial charge in [-0.05, 0) is 18.9 Å². The van der Waals surface area contributed by atoms with E-state index in [1.54, 1.807) is 14.2 Å². The standard InChI is InChI=1S/C18H25N3O4/c1-5-18(6-2)16(23)21(17(24)19-18)12-15(22)20(3)11-13-9-7-8-10-14(13)25-4/h7-10H,5-6,11-12H2,1-4H3,(H,19,24). The summed E-state index contributed by atoms with van der Waals surface area (Å²) in [7, 11) is 3.21. The Morgan fingerprint density at radius 2 is 1.88 bits per heavy atom. The first-order chi connectivity index (χ1) is 11.9. The molecule has 2 rings (SSSR count). The van der Waals surface area contributed by atoms with E-state index in [1.807, 2.05) is 38.1 Å². The smallest absolute Gasteiger partial charge is 0.325 e. The lowest BCUT2D eigenvalue weighted by Crippen LogP contribution is -2.46. The monoisotopic (exact) mass is 347 g/mol. The van der Waals surface area contributed by atoms with Crippen molar-refractivity contribution in [3.63, 3.8) is 0 Å². The summed E-state index contributed by atoms with van der Waals surface area (Å²) in [6.45, 7) is 3.76. The summed E-state index contributed by atoms with van der Waals surface area (Å²) in [5, 5.41) is 2.73. The number of imide groups is 1. The third kappa shape index (κ3) is 3.60. The number of urea groups is 1. The van der Waals surface area contributed by atoms with Crippen molar-refractivity contribution < 1.29 is 19.1 Å². The first kappa shape index (κ1) is 18.8. The molecule has 1 aliphatic heterocycles. The molecule has 1 aromatic carbocycles. The summed E-state index contributed by atoms with van der Waals surface area (Å²) < 4.78 is 5.28. The number of hydrogen-bond acceptors (Lipinski definition) is 4. The van der Waals surface area contributed by atoms with Crippen LogP contribution < -0.4 is 10.1 Å². The van der Waals surface area contributed by atoms with Crippen LogP contribution >= 0.6 is 0 Å². The SMILES string of the molecule is CCC1(CC)NC(=O)N(CC(=O)N(C)Cc2ccccc2OC)C1=O. The average molecular weight is 347 g/mol. The molecule has 1 heterocycles. The number of rotatable bonds is 7. The third-order valence-corrected chi connectivity index (χ3v) is 4.77. The van der Waals surface area contributed by atoms with E-state index < -0.39 is 11.6 Å². The van der Waals surface area contributed by atoms with Gasteiger partial charge in [0.2, 0.25) is 5.91 Å². The van der Waals surface area contributed by atoms with Gasteiger partial charge in [0.1, 0.15) is 17.8 Å². The van der Waals surface area contributed by atoms with Gasteiger partial charge in [-0.1, -0.05) is 32.0 Å². The molecule has 0 aliphatic carbocycles. The molecule has 25 heavy (non-hydrogen) atoms.